The number of carbonyl (C=O) groups is 3. The molecule has 0 aromatic heterocycles. The van der Waals surface area contributed by atoms with Gasteiger partial charge in [-0.1, -0.05) is 6.92 Å². The molecule has 9 nitrogen and oxygen atoms in total. The Kier molecular flexibility index (Phi) is 11.0. The summed E-state index contributed by atoms with van der Waals surface area (Å²) >= 11 is 0. The van der Waals surface area contributed by atoms with Crippen molar-refractivity contribution in [2.24, 2.45) is 0 Å². The second kappa shape index (κ2) is 11.9. The lowest BCUT2D eigenvalue weighted by Crippen LogP contribution is -2.43. The van der Waals surface area contributed by atoms with Crippen LogP contribution in [0.3, 0.4) is 0 Å². The minimum atomic E-state index is -0.512. The molecule has 128 valence electrons. The third-order valence-corrected chi connectivity index (χ3v) is 2.91. The van der Waals surface area contributed by atoms with Crippen molar-refractivity contribution in [3.63, 3.8) is 0 Å². The molecule has 0 bridgehead atoms. The van der Waals surface area contributed by atoms with Crippen LogP contribution >= 0.6 is 0 Å². The Morgan fingerprint density at radius 1 is 0.864 bits per heavy atom. The molecule has 0 fully saturated rings. The maximum atomic E-state index is 11.5. The Labute approximate surface area is 130 Å². The number of carbonyl (C=O) groups excluding carboxylic acids is 3. The molecule has 0 spiro atoms. The zero-order chi connectivity index (χ0) is 17.0. The number of nitrogens with zero attached hydrogens (tertiary/aromatic N) is 2. The molecule has 0 rings (SSSR count). The van der Waals surface area contributed by atoms with E-state index in [2.05, 4.69) is 19.8 Å². The predicted molar refractivity (Wildman–Crippen MR) is 77.7 cm³/mol. The second-order valence-electron chi connectivity index (χ2n) is 4.41. The fraction of sp³-hybridized carbons (Fsp3) is 0.769. The summed E-state index contributed by atoms with van der Waals surface area (Å²) in [6.45, 7) is 3.50. The van der Waals surface area contributed by atoms with E-state index in [1.54, 1.807) is 4.90 Å². The molecule has 0 aliphatic heterocycles. The molecule has 0 heterocycles. The Hall–Kier alpha value is -1.71. The molecule has 0 saturated carbocycles. The lowest BCUT2D eigenvalue weighted by atomic mass is 10.4. The number of methoxy groups -OCH3 is 2. The molecule has 0 aromatic rings. The van der Waals surface area contributed by atoms with Gasteiger partial charge in [0.05, 0.1) is 33.9 Å². The van der Waals surface area contributed by atoms with E-state index in [4.69, 9.17) is 0 Å². The number of rotatable bonds is 11. The molecule has 0 unspecified atom stereocenters. The molecule has 0 amide bonds. The zero-order valence-corrected chi connectivity index (χ0v) is 13.6. The van der Waals surface area contributed by atoms with Crippen LogP contribution in [0.2, 0.25) is 0 Å². The summed E-state index contributed by atoms with van der Waals surface area (Å²) in [6, 6.07) is 0. The number of hydrogen-bond donors (Lipinski definition) is 1. The number of esters is 2. The predicted octanol–water partition coefficient (Wildman–Crippen LogP) is -1.37. The molecule has 0 saturated heterocycles. The van der Waals surface area contributed by atoms with Crippen LogP contribution in [0, 0.1) is 0 Å². The molecule has 0 aliphatic carbocycles. The van der Waals surface area contributed by atoms with Crippen molar-refractivity contribution in [2.75, 3.05) is 60.5 Å². The minimum absolute atomic E-state index is 0.0366. The summed E-state index contributed by atoms with van der Waals surface area (Å²) < 4.78 is 9.22. The van der Waals surface area contributed by atoms with E-state index >= 15 is 0 Å². The number of hydroxylamine groups is 1. The van der Waals surface area contributed by atoms with Crippen molar-refractivity contribution >= 4 is 17.9 Å². The van der Waals surface area contributed by atoms with Crippen molar-refractivity contribution in [1.29, 1.82) is 0 Å². The molecule has 0 atom stereocenters. The van der Waals surface area contributed by atoms with Crippen LogP contribution in [0.5, 0.6) is 0 Å². The molecule has 0 radical (unpaired) electrons. The van der Waals surface area contributed by atoms with Gasteiger partial charge in [-0.15, -0.1) is 0 Å². The van der Waals surface area contributed by atoms with Crippen LogP contribution in [-0.2, 0) is 28.7 Å². The first-order chi connectivity index (χ1) is 10.5. The first-order valence-corrected chi connectivity index (χ1v) is 6.91. The molecule has 0 aliphatic rings. The zero-order valence-electron chi connectivity index (χ0n) is 13.6. The Bertz CT molecular complexity index is 364. The monoisotopic (exact) mass is 319 g/mol. The van der Waals surface area contributed by atoms with Crippen molar-refractivity contribution in [3.05, 3.63) is 0 Å². The molecular formula is C13H25N3O6. The van der Waals surface area contributed by atoms with Gasteiger partial charge in [-0.05, 0) is 6.54 Å². The second-order valence-corrected chi connectivity index (χ2v) is 4.41. The van der Waals surface area contributed by atoms with E-state index < -0.39 is 11.9 Å². The standard InChI is InChI=1S/C13H25N3O6/c1-5-15(8-11(17)20-3)6-7-16(9-12(18)21-4)10-13(19)22-14-2/h14H,5-10H2,1-4H3. The van der Waals surface area contributed by atoms with Crippen LogP contribution in [0.15, 0.2) is 0 Å². The van der Waals surface area contributed by atoms with Gasteiger partial charge in [0, 0.05) is 20.1 Å². The average molecular weight is 319 g/mol. The largest absolute Gasteiger partial charge is 0.468 e. The Balaban J connectivity index is 4.50. The fourth-order valence-corrected chi connectivity index (χ4v) is 1.67. The Morgan fingerprint density at radius 3 is 1.77 bits per heavy atom. The third kappa shape index (κ3) is 9.27. The summed E-state index contributed by atoms with van der Waals surface area (Å²) in [7, 11) is 4.08. The first kappa shape index (κ1) is 20.3. The molecule has 9 heteroatoms. The highest BCUT2D eigenvalue weighted by atomic mass is 16.7. The molecule has 0 aromatic carbocycles. The van der Waals surface area contributed by atoms with E-state index in [1.807, 2.05) is 11.8 Å². The van der Waals surface area contributed by atoms with Crippen molar-refractivity contribution in [2.45, 2.75) is 6.92 Å². The van der Waals surface area contributed by atoms with Crippen molar-refractivity contribution < 1.29 is 28.7 Å². The summed E-state index contributed by atoms with van der Waals surface area (Å²) in [5.41, 5.74) is 2.29. The van der Waals surface area contributed by atoms with Gasteiger partial charge in [-0.2, -0.15) is 5.48 Å². The van der Waals surface area contributed by atoms with Crippen molar-refractivity contribution in [3.8, 4) is 0 Å². The minimum Gasteiger partial charge on any atom is -0.468 e. The summed E-state index contributed by atoms with van der Waals surface area (Å²) in [5, 5.41) is 0. The van der Waals surface area contributed by atoms with Crippen LogP contribution < -0.4 is 5.48 Å². The van der Waals surface area contributed by atoms with Gasteiger partial charge in [0.2, 0.25) is 0 Å². The highest BCUT2D eigenvalue weighted by Gasteiger charge is 2.18. The smallest absolute Gasteiger partial charge is 0.338 e. The van der Waals surface area contributed by atoms with E-state index in [-0.39, 0.29) is 25.6 Å². The average Bonchev–Trinajstić information content (AvgIpc) is 2.50. The number of likely N-dealkylation sites (N-methyl/N-ethyl adjacent to an activating group) is 1. The van der Waals surface area contributed by atoms with E-state index in [0.29, 0.717) is 19.6 Å². The van der Waals surface area contributed by atoms with Crippen LogP contribution in [0.25, 0.3) is 0 Å². The highest BCUT2D eigenvalue weighted by Crippen LogP contribution is 1.96. The summed E-state index contributed by atoms with van der Waals surface area (Å²) in [6.07, 6.45) is 0. The van der Waals surface area contributed by atoms with Gasteiger partial charge >= 0.3 is 17.9 Å². The maximum absolute atomic E-state index is 11.5. The van der Waals surface area contributed by atoms with E-state index in [1.165, 1.54) is 21.3 Å². The Morgan fingerprint density at radius 2 is 1.32 bits per heavy atom. The van der Waals surface area contributed by atoms with Gasteiger partial charge in [0.15, 0.2) is 0 Å². The maximum Gasteiger partial charge on any atom is 0.338 e. The SMILES string of the molecule is CCN(CCN(CC(=O)OC)CC(=O)ONC)CC(=O)OC. The van der Waals surface area contributed by atoms with E-state index in [9.17, 15) is 14.4 Å². The van der Waals surface area contributed by atoms with Gasteiger partial charge < -0.3 is 14.3 Å². The lowest BCUT2D eigenvalue weighted by molar-refractivity contribution is -0.152. The topological polar surface area (TPSA) is 97.4 Å². The molecule has 1 N–H and O–H groups in total. The van der Waals surface area contributed by atoms with Gasteiger partial charge in [-0.25, -0.2) is 4.79 Å². The van der Waals surface area contributed by atoms with Crippen molar-refractivity contribution in [1.82, 2.24) is 15.3 Å². The number of nitrogens with one attached hydrogen (secondary N) is 1. The molecule has 22 heavy (non-hydrogen) atoms. The molecular weight excluding hydrogens is 294 g/mol. The van der Waals surface area contributed by atoms with Gasteiger partial charge in [0.1, 0.15) is 0 Å². The van der Waals surface area contributed by atoms with Crippen LogP contribution in [-0.4, -0.2) is 88.2 Å². The number of hydrogen-bond acceptors (Lipinski definition) is 9. The van der Waals surface area contributed by atoms with Gasteiger partial charge in [-0.3, -0.25) is 19.4 Å². The third-order valence-electron chi connectivity index (χ3n) is 2.91. The first-order valence-electron chi connectivity index (χ1n) is 6.91. The number of ether oxygens (including phenoxy) is 2. The van der Waals surface area contributed by atoms with Crippen LogP contribution in [0.1, 0.15) is 6.92 Å². The van der Waals surface area contributed by atoms with Gasteiger partial charge in [0.25, 0.3) is 0 Å². The highest BCUT2D eigenvalue weighted by molar-refractivity contribution is 5.74. The normalized spacial score (nSPS) is 10.6. The summed E-state index contributed by atoms with van der Waals surface area (Å²) in [4.78, 5) is 42.2. The van der Waals surface area contributed by atoms with Crippen LogP contribution in [0.4, 0.5) is 0 Å². The fourth-order valence-electron chi connectivity index (χ4n) is 1.67. The van der Waals surface area contributed by atoms with E-state index in [0.717, 1.165) is 0 Å². The quantitative estimate of drug-likeness (QED) is 0.281. The summed E-state index contributed by atoms with van der Waals surface area (Å²) in [5.74, 6) is -1.30. The lowest BCUT2D eigenvalue weighted by Gasteiger charge is -2.24.